The lowest BCUT2D eigenvalue weighted by Crippen LogP contribution is -2.21. The Bertz CT molecular complexity index is 419. The monoisotopic (exact) mass is 244 g/mol. The Hall–Kier alpha value is -2.03. The second-order valence-corrected chi connectivity index (χ2v) is 4.19. The minimum absolute atomic E-state index is 0.0754. The third kappa shape index (κ3) is 4.87. The van der Waals surface area contributed by atoms with Crippen LogP contribution in [0.15, 0.2) is 43.0 Å². The molecule has 3 heteroatoms. The van der Waals surface area contributed by atoms with Crippen molar-refractivity contribution in [3.8, 4) is 0 Å². The van der Waals surface area contributed by atoms with Gasteiger partial charge in [-0.2, -0.15) is 0 Å². The summed E-state index contributed by atoms with van der Waals surface area (Å²) in [5, 5.41) is 2.78. The van der Waals surface area contributed by atoms with Gasteiger partial charge in [-0.1, -0.05) is 18.2 Å². The molecule has 0 aliphatic heterocycles. The van der Waals surface area contributed by atoms with Gasteiger partial charge in [-0.25, -0.2) is 0 Å². The molecule has 0 unspecified atom stereocenters. The maximum absolute atomic E-state index is 11.4. The summed E-state index contributed by atoms with van der Waals surface area (Å²) in [7, 11) is 4.00. The average molecular weight is 244 g/mol. The van der Waals surface area contributed by atoms with Crippen molar-refractivity contribution in [3.05, 3.63) is 48.6 Å². The molecule has 0 heterocycles. The van der Waals surface area contributed by atoms with E-state index in [1.165, 1.54) is 0 Å². The Labute approximate surface area is 109 Å². The first kappa shape index (κ1) is 14.0. The number of hydrogen-bond acceptors (Lipinski definition) is 2. The van der Waals surface area contributed by atoms with Crippen LogP contribution in [-0.2, 0) is 4.79 Å². The molecule has 1 aromatic carbocycles. The highest BCUT2D eigenvalue weighted by Gasteiger charge is 1.95. The molecule has 0 aromatic heterocycles. The number of anilines is 1. The quantitative estimate of drug-likeness (QED) is 0.473. The fourth-order valence-corrected chi connectivity index (χ4v) is 1.41. The molecule has 0 fully saturated rings. The zero-order chi connectivity index (χ0) is 13.4. The van der Waals surface area contributed by atoms with Crippen LogP contribution in [0.4, 0.5) is 5.69 Å². The van der Waals surface area contributed by atoms with E-state index in [1.54, 1.807) is 12.2 Å². The van der Waals surface area contributed by atoms with E-state index in [2.05, 4.69) is 11.9 Å². The standard InChI is InChI=1S/C15H20N2O/c1-4-5-12-16-15(18)11-8-13-6-9-14(10-7-13)17(2)3/h4,6-11H,1,5,12H2,2-3H3,(H,16,18)/b11-8+. The highest BCUT2D eigenvalue weighted by atomic mass is 16.1. The van der Waals surface area contributed by atoms with Gasteiger partial charge in [0.2, 0.25) is 5.91 Å². The number of hydrogen-bond donors (Lipinski definition) is 1. The number of amides is 1. The van der Waals surface area contributed by atoms with Crippen LogP contribution >= 0.6 is 0 Å². The van der Waals surface area contributed by atoms with Crippen LogP contribution in [0.1, 0.15) is 12.0 Å². The zero-order valence-corrected chi connectivity index (χ0v) is 11.0. The number of rotatable bonds is 6. The first-order chi connectivity index (χ1) is 8.63. The highest BCUT2D eigenvalue weighted by molar-refractivity contribution is 5.91. The van der Waals surface area contributed by atoms with Crippen LogP contribution in [-0.4, -0.2) is 26.5 Å². The van der Waals surface area contributed by atoms with Crippen molar-refractivity contribution in [1.29, 1.82) is 0 Å². The van der Waals surface area contributed by atoms with E-state index in [-0.39, 0.29) is 5.91 Å². The molecule has 3 nitrogen and oxygen atoms in total. The molecule has 0 saturated carbocycles. The zero-order valence-electron chi connectivity index (χ0n) is 11.0. The van der Waals surface area contributed by atoms with Gasteiger partial charge in [0.15, 0.2) is 0 Å². The second-order valence-electron chi connectivity index (χ2n) is 4.19. The number of carbonyl (C=O) groups excluding carboxylic acids is 1. The van der Waals surface area contributed by atoms with Gasteiger partial charge in [0.1, 0.15) is 0 Å². The molecule has 1 amide bonds. The van der Waals surface area contributed by atoms with Gasteiger partial charge in [-0.15, -0.1) is 6.58 Å². The summed E-state index contributed by atoms with van der Waals surface area (Å²) in [5.41, 5.74) is 2.15. The first-order valence-electron chi connectivity index (χ1n) is 5.97. The third-order valence-electron chi connectivity index (χ3n) is 2.48. The number of benzene rings is 1. The predicted molar refractivity (Wildman–Crippen MR) is 77.6 cm³/mol. The van der Waals surface area contributed by atoms with Gasteiger partial charge in [0.05, 0.1) is 0 Å². The van der Waals surface area contributed by atoms with Crippen LogP contribution in [0, 0.1) is 0 Å². The molecule has 96 valence electrons. The smallest absolute Gasteiger partial charge is 0.244 e. The molecular weight excluding hydrogens is 224 g/mol. The molecule has 1 aromatic rings. The van der Waals surface area contributed by atoms with Crippen molar-refractivity contribution < 1.29 is 4.79 Å². The number of nitrogens with one attached hydrogen (secondary N) is 1. The van der Waals surface area contributed by atoms with Gasteiger partial charge >= 0.3 is 0 Å². The van der Waals surface area contributed by atoms with Crippen molar-refractivity contribution in [2.45, 2.75) is 6.42 Å². The fourth-order valence-electron chi connectivity index (χ4n) is 1.41. The Morgan fingerprint density at radius 3 is 2.56 bits per heavy atom. The molecule has 0 aliphatic rings. The van der Waals surface area contributed by atoms with Crippen molar-refractivity contribution in [3.63, 3.8) is 0 Å². The lowest BCUT2D eigenvalue weighted by molar-refractivity contribution is -0.116. The summed E-state index contributed by atoms with van der Waals surface area (Å²) in [4.78, 5) is 13.5. The van der Waals surface area contributed by atoms with E-state index in [4.69, 9.17) is 0 Å². The fraction of sp³-hybridized carbons (Fsp3) is 0.267. The largest absolute Gasteiger partial charge is 0.378 e. The summed E-state index contributed by atoms with van der Waals surface area (Å²) in [6, 6.07) is 8.02. The van der Waals surface area contributed by atoms with Crippen molar-refractivity contribution in [1.82, 2.24) is 5.32 Å². The summed E-state index contributed by atoms with van der Waals surface area (Å²) in [6.07, 6.45) is 5.93. The lowest BCUT2D eigenvalue weighted by atomic mass is 10.2. The van der Waals surface area contributed by atoms with E-state index in [0.717, 1.165) is 17.7 Å². The molecule has 0 spiro atoms. The van der Waals surface area contributed by atoms with Crippen molar-refractivity contribution in [2.75, 3.05) is 25.5 Å². The minimum Gasteiger partial charge on any atom is -0.378 e. The Kier molecular flexibility index (Phi) is 5.71. The Morgan fingerprint density at radius 1 is 1.33 bits per heavy atom. The van der Waals surface area contributed by atoms with Crippen LogP contribution in [0.3, 0.4) is 0 Å². The maximum Gasteiger partial charge on any atom is 0.244 e. The lowest BCUT2D eigenvalue weighted by Gasteiger charge is -2.11. The summed E-state index contributed by atoms with van der Waals surface area (Å²) in [6.45, 7) is 4.23. The molecule has 0 radical (unpaired) electrons. The molecule has 0 bridgehead atoms. The van der Waals surface area contributed by atoms with Gasteiger partial charge in [0, 0.05) is 32.4 Å². The highest BCUT2D eigenvalue weighted by Crippen LogP contribution is 2.12. The van der Waals surface area contributed by atoms with E-state index < -0.39 is 0 Å². The van der Waals surface area contributed by atoms with Crippen molar-refractivity contribution >= 4 is 17.7 Å². The third-order valence-corrected chi connectivity index (χ3v) is 2.48. The SMILES string of the molecule is C=CCCNC(=O)/C=C/c1ccc(N(C)C)cc1. The molecule has 18 heavy (non-hydrogen) atoms. The van der Waals surface area contributed by atoms with E-state index in [1.807, 2.05) is 49.3 Å². The maximum atomic E-state index is 11.4. The van der Waals surface area contributed by atoms with Gasteiger partial charge < -0.3 is 10.2 Å². The van der Waals surface area contributed by atoms with E-state index >= 15 is 0 Å². The summed E-state index contributed by atoms with van der Waals surface area (Å²) >= 11 is 0. The Balaban J connectivity index is 2.50. The van der Waals surface area contributed by atoms with Crippen molar-refractivity contribution in [2.24, 2.45) is 0 Å². The minimum atomic E-state index is -0.0754. The normalized spacial score (nSPS) is 10.3. The van der Waals surface area contributed by atoms with Crippen LogP contribution in [0.5, 0.6) is 0 Å². The molecule has 1 N–H and O–H groups in total. The van der Waals surface area contributed by atoms with Gasteiger partial charge in [-0.3, -0.25) is 4.79 Å². The van der Waals surface area contributed by atoms with Gasteiger partial charge in [-0.05, 0) is 30.2 Å². The Morgan fingerprint density at radius 2 is 2.00 bits per heavy atom. The molecule has 0 saturated heterocycles. The number of carbonyl (C=O) groups is 1. The predicted octanol–water partition coefficient (Wildman–Crippen LogP) is 2.46. The molecule has 0 atom stereocenters. The van der Waals surface area contributed by atoms with Crippen LogP contribution < -0.4 is 10.2 Å². The second kappa shape index (κ2) is 7.33. The average Bonchev–Trinajstić information content (AvgIpc) is 2.37. The summed E-state index contributed by atoms with van der Waals surface area (Å²) < 4.78 is 0. The van der Waals surface area contributed by atoms with Crippen LogP contribution in [0.2, 0.25) is 0 Å². The van der Waals surface area contributed by atoms with E-state index in [0.29, 0.717) is 6.54 Å². The van der Waals surface area contributed by atoms with E-state index in [9.17, 15) is 4.79 Å². The molecular formula is C15H20N2O. The first-order valence-corrected chi connectivity index (χ1v) is 5.97. The number of nitrogens with zero attached hydrogens (tertiary/aromatic N) is 1. The molecule has 0 aliphatic carbocycles. The topological polar surface area (TPSA) is 32.3 Å². The van der Waals surface area contributed by atoms with Gasteiger partial charge in [0.25, 0.3) is 0 Å². The summed E-state index contributed by atoms with van der Waals surface area (Å²) in [5.74, 6) is -0.0754. The molecule has 1 rings (SSSR count). The van der Waals surface area contributed by atoms with Crippen LogP contribution in [0.25, 0.3) is 6.08 Å².